The molecule has 7 fully saturated rings. The molecule has 3 N–H and O–H groups in total. The number of ether oxygens (including phenoxy) is 5. The van der Waals surface area contributed by atoms with E-state index in [-0.39, 0.29) is 78.8 Å². The summed E-state index contributed by atoms with van der Waals surface area (Å²) in [6, 6.07) is 9.10. The Morgan fingerprint density at radius 1 is 0.963 bits per heavy atom. The Bertz CT molecular complexity index is 1730. The lowest BCUT2D eigenvalue weighted by molar-refractivity contribution is -0.493. The summed E-state index contributed by atoms with van der Waals surface area (Å²) in [5.41, 5.74) is -1.25. The Labute approximate surface area is 321 Å². The van der Waals surface area contributed by atoms with Crippen molar-refractivity contribution in [1.29, 1.82) is 0 Å². The zero-order valence-electron chi connectivity index (χ0n) is 31.8. The van der Waals surface area contributed by atoms with Crippen LogP contribution in [0.4, 0.5) is 0 Å². The number of carbonyl (C=O) groups is 3. The predicted molar refractivity (Wildman–Crippen MR) is 198 cm³/mol. The van der Waals surface area contributed by atoms with Gasteiger partial charge < -0.3 is 33.9 Å². The Hall–Kier alpha value is -2.32. The van der Waals surface area contributed by atoms with Gasteiger partial charge >= 0.3 is 11.9 Å². The van der Waals surface area contributed by atoms with E-state index in [1.54, 1.807) is 18.7 Å². The van der Waals surface area contributed by atoms with E-state index in [1.807, 2.05) is 43.3 Å². The zero-order valence-corrected chi connectivity index (χ0v) is 32.6. The molecular formula is C42H55NO10S. The van der Waals surface area contributed by atoms with E-state index in [0.29, 0.717) is 37.0 Å². The van der Waals surface area contributed by atoms with E-state index in [1.165, 1.54) is 13.0 Å². The average molecular weight is 766 g/mol. The molecule has 4 aliphatic heterocycles. The predicted octanol–water partition coefficient (Wildman–Crippen LogP) is 5.07. The van der Waals surface area contributed by atoms with Gasteiger partial charge in [0.1, 0.15) is 11.0 Å². The maximum atomic E-state index is 13.3. The third-order valence-electron chi connectivity index (χ3n) is 15.6. The lowest BCUT2D eigenvalue weighted by atomic mass is 9.42. The van der Waals surface area contributed by atoms with E-state index in [4.69, 9.17) is 23.7 Å². The van der Waals surface area contributed by atoms with Crippen molar-refractivity contribution in [2.75, 3.05) is 12.4 Å². The number of ketones is 1. The number of cyclic esters (lactones) is 1. The first-order valence-electron chi connectivity index (χ1n) is 20.1. The van der Waals surface area contributed by atoms with Crippen molar-refractivity contribution in [1.82, 2.24) is 5.32 Å². The highest BCUT2D eigenvalue weighted by Crippen LogP contribution is 2.71. The number of rotatable bonds is 6. The first kappa shape index (κ1) is 37.3. The fourth-order valence-corrected chi connectivity index (χ4v) is 14.9. The fraction of sp³-hybridized carbons (Fsp3) is 0.738. The van der Waals surface area contributed by atoms with Gasteiger partial charge in [0.25, 0.3) is 0 Å². The molecule has 15 atom stereocenters. The monoisotopic (exact) mass is 765 g/mol. The standard InChI is InChI=1S/C42H55NO10S/c1-24-20-41(43-28(22-54-41)19-32(45)26-8-6-5-7-9-26)42(48)38(4,51-24)52-34-18-27-10-11-30-29(39(27,21-35(34)53-42)23-49-25(2)44)14-16-37(3)31(15-17-40(30,37)47)33-12-13-36(46)50-33/h5-9,12-13,24,27-31,33-35,43,47-48H,10-11,14-23H2,1-4H3. The topological polar surface area (TPSA) is 150 Å². The largest absolute Gasteiger partial charge is 0.465 e. The summed E-state index contributed by atoms with van der Waals surface area (Å²) >= 11 is 1.57. The van der Waals surface area contributed by atoms with Crippen LogP contribution in [0.5, 0.6) is 0 Å². The molecule has 3 saturated heterocycles. The van der Waals surface area contributed by atoms with Crippen molar-refractivity contribution in [3.8, 4) is 0 Å². The first-order valence-corrected chi connectivity index (χ1v) is 21.1. The maximum absolute atomic E-state index is 13.3. The Kier molecular flexibility index (Phi) is 8.87. The summed E-state index contributed by atoms with van der Waals surface area (Å²) in [6.07, 6.45) is 8.46. The molecule has 1 spiro atoms. The van der Waals surface area contributed by atoms with Crippen molar-refractivity contribution in [3.63, 3.8) is 0 Å². The van der Waals surface area contributed by atoms with Crippen LogP contribution in [0.2, 0.25) is 0 Å². The lowest BCUT2D eigenvalue weighted by Crippen LogP contribution is -2.81. The summed E-state index contributed by atoms with van der Waals surface area (Å²) in [5, 5.41) is 29.6. The van der Waals surface area contributed by atoms with Gasteiger partial charge in [0, 0.05) is 59.9 Å². The van der Waals surface area contributed by atoms with Crippen molar-refractivity contribution in [2.45, 2.75) is 144 Å². The third kappa shape index (κ3) is 5.33. The molecule has 4 aliphatic carbocycles. The molecule has 294 valence electrons. The van der Waals surface area contributed by atoms with Gasteiger partial charge in [-0.25, -0.2) is 4.79 Å². The minimum Gasteiger partial charge on any atom is -0.465 e. The Morgan fingerprint density at radius 2 is 1.74 bits per heavy atom. The second-order valence-corrected chi connectivity index (χ2v) is 19.6. The maximum Gasteiger partial charge on any atom is 0.331 e. The Balaban J connectivity index is 1.01. The number of hydrogen-bond donors (Lipinski definition) is 3. The molecule has 12 heteroatoms. The molecule has 0 aromatic heterocycles. The van der Waals surface area contributed by atoms with E-state index >= 15 is 0 Å². The second-order valence-electron chi connectivity index (χ2n) is 18.2. The molecule has 0 amide bonds. The highest BCUT2D eigenvalue weighted by Gasteiger charge is 2.76. The van der Waals surface area contributed by atoms with Gasteiger partial charge in [-0.2, -0.15) is 0 Å². The summed E-state index contributed by atoms with van der Waals surface area (Å²) in [4.78, 5) is 36.9. The number of esters is 2. The molecule has 0 bridgehead atoms. The van der Waals surface area contributed by atoms with Crippen LogP contribution in [0.15, 0.2) is 42.5 Å². The average Bonchev–Trinajstić information content (AvgIpc) is 3.82. The van der Waals surface area contributed by atoms with Gasteiger partial charge in [0.05, 0.1) is 30.5 Å². The van der Waals surface area contributed by atoms with Crippen LogP contribution < -0.4 is 5.32 Å². The van der Waals surface area contributed by atoms with E-state index in [2.05, 4.69) is 12.2 Å². The van der Waals surface area contributed by atoms with Gasteiger partial charge in [0.2, 0.25) is 11.6 Å². The Morgan fingerprint density at radius 3 is 2.48 bits per heavy atom. The minimum atomic E-state index is -1.90. The second kappa shape index (κ2) is 12.8. The van der Waals surface area contributed by atoms with Gasteiger partial charge in [-0.1, -0.05) is 37.3 Å². The highest BCUT2D eigenvalue weighted by molar-refractivity contribution is 8.01. The molecule has 1 aromatic carbocycles. The van der Waals surface area contributed by atoms with Crippen LogP contribution >= 0.6 is 11.8 Å². The number of carbonyl (C=O) groups excluding carboxylic acids is 3. The number of benzene rings is 1. The van der Waals surface area contributed by atoms with Crippen LogP contribution in [-0.4, -0.2) is 92.8 Å². The van der Waals surface area contributed by atoms with E-state index in [0.717, 1.165) is 32.1 Å². The highest BCUT2D eigenvalue weighted by atomic mass is 32.2. The number of hydrogen-bond acceptors (Lipinski definition) is 12. The third-order valence-corrected chi connectivity index (χ3v) is 17.2. The lowest BCUT2D eigenvalue weighted by Gasteiger charge is -2.68. The zero-order chi connectivity index (χ0) is 37.9. The van der Waals surface area contributed by atoms with Crippen LogP contribution in [0.1, 0.15) is 102 Å². The normalized spacial score (nSPS) is 50.3. The van der Waals surface area contributed by atoms with Crippen LogP contribution in [0, 0.1) is 34.5 Å². The SMILES string of the molecule is CC(=O)OCC12CC3OC4(O)C(C)(OC(C)CC45NC(CC(=O)c4ccccc4)CS5)OC3CC1CCC1C2CCC2(C)C(C3C=CC(=O)O3)CCC12O. The molecule has 0 radical (unpaired) electrons. The number of aliphatic hydroxyl groups is 2. The first-order chi connectivity index (χ1) is 25.6. The molecule has 4 saturated carbocycles. The van der Waals surface area contributed by atoms with Crippen LogP contribution in [0.25, 0.3) is 0 Å². The quantitative estimate of drug-likeness (QED) is 0.202. The fourth-order valence-electron chi connectivity index (χ4n) is 13.2. The van der Waals surface area contributed by atoms with Crippen LogP contribution in [-0.2, 0) is 33.3 Å². The summed E-state index contributed by atoms with van der Waals surface area (Å²) < 4.78 is 32.2. The van der Waals surface area contributed by atoms with Gasteiger partial charge in [-0.3, -0.25) is 14.9 Å². The van der Waals surface area contributed by atoms with Gasteiger partial charge in [-0.05, 0) is 89.0 Å². The van der Waals surface area contributed by atoms with E-state index < -0.39 is 39.0 Å². The molecule has 9 rings (SSSR count). The summed E-state index contributed by atoms with van der Waals surface area (Å²) in [7, 11) is 0. The number of thioether (sulfide) groups is 1. The number of fused-ring (bicyclic) bond motifs is 8. The summed E-state index contributed by atoms with van der Waals surface area (Å²) in [5.74, 6) is -3.21. The smallest absolute Gasteiger partial charge is 0.331 e. The minimum absolute atomic E-state index is 0.0270. The van der Waals surface area contributed by atoms with Crippen molar-refractivity contribution in [3.05, 3.63) is 48.0 Å². The molecule has 11 nitrogen and oxygen atoms in total. The van der Waals surface area contributed by atoms with Crippen molar-refractivity contribution < 1.29 is 48.3 Å². The molecule has 54 heavy (non-hydrogen) atoms. The van der Waals surface area contributed by atoms with Gasteiger partial charge in [0.15, 0.2) is 5.78 Å². The molecule has 15 unspecified atom stereocenters. The summed E-state index contributed by atoms with van der Waals surface area (Å²) in [6.45, 7) is 7.62. The number of Topliss-reactive ketones (excluding diaryl/α,β-unsaturated/α-hetero) is 1. The molecule has 1 aromatic rings. The van der Waals surface area contributed by atoms with Crippen molar-refractivity contribution in [2.24, 2.45) is 34.5 Å². The van der Waals surface area contributed by atoms with Crippen LogP contribution in [0.3, 0.4) is 0 Å². The van der Waals surface area contributed by atoms with Crippen molar-refractivity contribution >= 4 is 29.5 Å². The number of nitrogens with one attached hydrogen (secondary N) is 1. The molecule has 4 heterocycles. The molecular weight excluding hydrogens is 711 g/mol. The van der Waals surface area contributed by atoms with E-state index in [9.17, 15) is 24.6 Å². The van der Waals surface area contributed by atoms with Gasteiger partial charge in [-0.15, -0.1) is 11.8 Å². The molecule has 8 aliphatic rings.